The highest BCUT2D eigenvalue weighted by atomic mass is 16.3. The fraction of sp³-hybridized carbons (Fsp3) is 0. The van der Waals surface area contributed by atoms with E-state index in [2.05, 4.69) is 109 Å². The van der Waals surface area contributed by atoms with Crippen molar-refractivity contribution < 1.29 is 9.90 Å². The Hall–Kier alpha value is -8.20. The number of para-hydroxylation sites is 2. The van der Waals surface area contributed by atoms with Gasteiger partial charge in [0.05, 0.1) is 11.2 Å². The van der Waals surface area contributed by atoms with Crippen LogP contribution in [0.5, 0.6) is 0 Å². The van der Waals surface area contributed by atoms with E-state index in [0.717, 1.165) is 87.6 Å². The van der Waals surface area contributed by atoms with Gasteiger partial charge in [-0.2, -0.15) is 0 Å². The highest BCUT2D eigenvalue weighted by Gasteiger charge is 2.21. The van der Waals surface area contributed by atoms with E-state index in [-0.39, 0.29) is 35.4 Å². The fourth-order valence-corrected chi connectivity index (χ4v) is 9.21. The molecule has 12 aromatic rings. The van der Waals surface area contributed by atoms with Crippen LogP contribution in [0.2, 0.25) is 0 Å². The first-order valence-electron chi connectivity index (χ1n) is 22.9. The molecule has 0 saturated carbocycles. The van der Waals surface area contributed by atoms with E-state index in [1.54, 1.807) is 0 Å². The molecular weight excluding hydrogens is 751 g/mol. The monoisotopic (exact) mass is 793 g/mol. The van der Waals surface area contributed by atoms with Crippen LogP contribution in [0.25, 0.3) is 98.8 Å². The molecule has 2 nitrogen and oxygen atoms in total. The summed E-state index contributed by atoms with van der Waals surface area (Å²) >= 11 is 0. The number of anilines is 3. The maximum Gasteiger partial charge on any atom is 0.143 e. The van der Waals surface area contributed by atoms with Crippen molar-refractivity contribution in [3.8, 4) is 44.5 Å². The Morgan fingerprint density at radius 3 is 1.66 bits per heavy atom. The van der Waals surface area contributed by atoms with Crippen LogP contribution in [0.3, 0.4) is 0 Å². The van der Waals surface area contributed by atoms with Gasteiger partial charge in [0.15, 0.2) is 0 Å². The zero-order valence-corrected chi connectivity index (χ0v) is 33.6. The molecule has 0 saturated heterocycles. The lowest BCUT2D eigenvalue weighted by Crippen LogP contribution is -2.11. The van der Waals surface area contributed by atoms with E-state index < -0.39 is 0 Å². The minimum absolute atomic E-state index is 0.120. The summed E-state index contributed by atoms with van der Waals surface area (Å²) in [6.07, 6.45) is 0. The average molecular weight is 794 g/mol. The highest BCUT2D eigenvalue weighted by Crippen LogP contribution is 2.46. The molecule has 1 aromatic heterocycles. The van der Waals surface area contributed by atoms with Gasteiger partial charge in [-0.3, -0.25) is 0 Å². The molecule has 0 fully saturated rings. The number of benzene rings is 11. The zero-order chi connectivity index (χ0) is 44.5. The normalized spacial score (nSPS) is 12.5. The molecule has 12 rings (SSSR count). The Kier molecular flexibility index (Phi) is 7.57. The molecule has 0 bridgehead atoms. The van der Waals surface area contributed by atoms with Crippen molar-refractivity contribution in [1.82, 2.24) is 0 Å². The molecule has 0 aliphatic heterocycles. The SMILES string of the molecule is [2H]c1c([2H])c(N(c2ccc(-c3cccc4ccccc34)cc2)c2ccccc2-c2cccc3ccc4c5ccccc5oc4c23)c([2H])c([2H])c1-c1cccc(-c2cccc3ccccc23)c1. The molecule has 0 aliphatic rings. The number of furan rings is 1. The molecule has 11 aromatic carbocycles. The van der Waals surface area contributed by atoms with Crippen LogP contribution >= 0.6 is 0 Å². The molecule has 0 radical (unpaired) electrons. The summed E-state index contributed by atoms with van der Waals surface area (Å²) in [5.41, 5.74) is 9.82. The Labute approximate surface area is 365 Å². The summed E-state index contributed by atoms with van der Waals surface area (Å²) in [5, 5.41) is 8.52. The lowest BCUT2D eigenvalue weighted by molar-refractivity contribution is 0.673. The topological polar surface area (TPSA) is 16.4 Å². The molecule has 0 N–H and O–H groups in total. The van der Waals surface area contributed by atoms with Crippen LogP contribution in [0.4, 0.5) is 17.1 Å². The Morgan fingerprint density at radius 1 is 0.339 bits per heavy atom. The van der Waals surface area contributed by atoms with Crippen molar-refractivity contribution in [2.24, 2.45) is 0 Å². The van der Waals surface area contributed by atoms with Gasteiger partial charge >= 0.3 is 0 Å². The van der Waals surface area contributed by atoms with Crippen molar-refractivity contribution in [2.75, 3.05) is 4.90 Å². The standard InChI is InChI=1S/C60H39NO/c1-3-20-49-41(13-1)15-10-24-51(49)43-31-36-48(37-32-43)61(47-34-29-40(30-35-47)45-18-9-19-46(39-45)52-25-11-16-42-14-2-4-21-50(42)52)57-27-7-5-22-53(57)55-26-12-17-44-33-38-56-54-23-6-8-28-58(54)62-60(56)59(44)55/h1-39H/i29D,30D,34D,35D. The van der Waals surface area contributed by atoms with E-state index in [9.17, 15) is 5.48 Å². The Bertz CT molecular complexity index is 3850. The second-order valence-electron chi connectivity index (χ2n) is 15.7. The first kappa shape index (κ1) is 31.7. The third-order valence-electron chi connectivity index (χ3n) is 12.1. The molecule has 290 valence electrons. The van der Waals surface area contributed by atoms with Gasteiger partial charge in [0, 0.05) is 33.1 Å². The Morgan fingerprint density at radius 2 is 0.903 bits per heavy atom. The molecule has 1 heterocycles. The van der Waals surface area contributed by atoms with Crippen LogP contribution in [0.1, 0.15) is 5.48 Å². The molecule has 62 heavy (non-hydrogen) atoms. The predicted octanol–water partition coefficient (Wildman–Crippen LogP) is 17.2. The summed E-state index contributed by atoms with van der Waals surface area (Å²) in [6, 6.07) is 71.1. The number of hydrogen-bond donors (Lipinski definition) is 0. The lowest BCUT2D eigenvalue weighted by Gasteiger charge is -2.28. The van der Waals surface area contributed by atoms with Gasteiger partial charge in [-0.1, -0.05) is 188 Å². The predicted molar refractivity (Wildman–Crippen MR) is 263 cm³/mol. The van der Waals surface area contributed by atoms with Crippen molar-refractivity contribution in [3.05, 3.63) is 236 Å². The second kappa shape index (κ2) is 14.8. The quantitative estimate of drug-likeness (QED) is 0.160. The van der Waals surface area contributed by atoms with Gasteiger partial charge < -0.3 is 9.32 Å². The Balaban J connectivity index is 1.07. The average Bonchev–Trinajstić information content (AvgIpc) is 3.76. The molecule has 0 unspecified atom stereocenters. The van der Waals surface area contributed by atoms with Gasteiger partial charge in [-0.25, -0.2) is 0 Å². The van der Waals surface area contributed by atoms with Gasteiger partial charge in [-0.05, 0) is 114 Å². The van der Waals surface area contributed by atoms with Gasteiger partial charge in [-0.15, -0.1) is 0 Å². The van der Waals surface area contributed by atoms with E-state index in [4.69, 9.17) is 4.42 Å². The number of nitrogens with zero attached hydrogens (tertiary/aromatic N) is 1. The van der Waals surface area contributed by atoms with E-state index in [1.807, 2.05) is 108 Å². The lowest BCUT2D eigenvalue weighted by atomic mass is 9.94. The van der Waals surface area contributed by atoms with E-state index >= 15 is 0 Å². The molecule has 0 spiro atoms. The third kappa shape index (κ3) is 6.04. The van der Waals surface area contributed by atoms with E-state index in [1.165, 1.54) is 0 Å². The van der Waals surface area contributed by atoms with Crippen LogP contribution in [0.15, 0.2) is 241 Å². The molecule has 0 amide bonds. The first-order valence-corrected chi connectivity index (χ1v) is 20.9. The minimum atomic E-state index is -0.146. The zero-order valence-electron chi connectivity index (χ0n) is 37.6. The van der Waals surface area contributed by atoms with Gasteiger partial charge in [0.25, 0.3) is 0 Å². The first-order chi connectivity index (χ1) is 32.4. The highest BCUT2D eigenvalue weighted by molar-refractivity contribution is 6.19. The van der Waals surface area contributed by atoms with Crippen molar-refractivity contribution in [1.29, 1.82) is 0 Å². The molecule has 0 aliphatic carbocycles. The molecular formula is C60H39NO. The summed E-state index contributed by atoms with van der Waals surface area (Å²) in [5.74, 6) is 0. The van der Waals surface area contributed by atoms with Crippen molar-refractivity contribution in [3.63, 3.8) is 0 Å². The number of fused-ring (bicyclic) bond motifs is 7. The largest absolute Gasteiger partial charge is 0.455 e. The van der Waals surface area contributed by atoms with Gasteiger partial charge in [0.2, 0.25) is 0 Å². The number of hydrogen-bond acceptors (Lipinski definition) is 2. The number of rotatable bonds is 7. The minimum Gasteiger partial charge on any atom is -0.455 e. The second-order valence-corrected chi connectivity index (χ2v) is 15.7. The maximum atomic E-state index is 9.87. The maximum absolute atomic E-state index is 9.87. The van der Waals surface area contributed by atoms with Crippen molar-refractivity contribution in [2.45, 2.75) is 0 Å². The fourth-order valence-electron chi connectivity index (χ4n) is 9.21. The van der Waals surface area contributed by atoms with E-state index in [0.29, 0.717) is 16.9 Å². The summed E-state index contributed by atoms with van der Waals surface area (Å²) < 4.78 is 45.8. The summed E-state index contributed by atoms with van der Waals surface area (Å²) in [4.78, 5) is 1.90. The smallest absolute Gasteiger partial charge is 0.143 e. The van der Waals surface area contributed by atoms with Crippen LogP contribution in [-0.4, -0.2) is 0 Å². The summed E-state index contributed by atoms with van der Waals surface area (Å²) in [6.45, 7) is 0. The molecule has 2 heteroatoms. The van der Waals surface area contributed by atoms with Crippen LogP contribution in [-0.2, 0) is 0 Å². The van der Waals surface area contributed by atoms with Crippen LogP contribution < -0.4 is 4.90 Å². The van der Waals surface area contributed by atoms with Crippen molar-refractivity contribution >= 4 is 71.3 Å². The van der Waals surface area contributed by atoms with Gasteiger partial charge in [0.1, 0.15) is 11.2 Å². The van der Waals surface area contributed by atoms with Crippen LogP contribution in [0, 0.1) is 0 Å². The third-order valence-corrected chi connectivity index (χ3v) is 12.1. The molecule has 0 atom stereocenters. The summed E-state index contributed by atoms with van der Waals surface area (Å²) in [7, 11) is 0.